The van der Waals surface area contributed by atoms with Gasteiger partial charge in [-0.25, -0.2) is 9.48 Å². The second kappa shape index (κ2) is 6.34. The Kier molecular flexibility index (Phi) is 4.58. The molecule has 6 nitrogen and oxygen atoms in total. The number of rotatable bonds is 1. The fraction of sp³-hybridized carbons (Fsp3) is 0.750. The first-order valence-electron chi connectivity index (χ1n) is 8.30. The van der Waals surface area contributed by atoms with Gasteiger partial charge in [-0.15, -0.1) is 0 Å². The predicted octanol–water partition coefficient (Wildman–Crippen LogP) is 3.65. The standard InChI is InChI=1S/C16H25BrN4O2/c1-16(2,3)23-15(22)20-8-4-5-11(10-20)13-6-7-18-14-12(17)9-19-21(13)14/h9,11,13,18H,4-8,10H2,1-3H3. The quantitative estimate of drug-likeness (QED) is 0.802. The molecule has 1 aromatic heterocycles. The van der Waals surface area contributed by atoms with Crippen LogP contribution in [0.25, 0.3) is 0 Å². The van der Waals surface area contributed by atoms with E-state index in [1.165, 1.54) is 0 Å². The van der Waals surface area contributed by atoms with Crippen molar-refractivity contribution < 1.29 is 9.53 Å². The van der Waals surface area contributed by atoms with Gasteiger partial charge in [-0.3, -0.25) is 0 Å². The molecule has 1 saturated heterocycles. The van der Waals surface area contributed by atoms with Crippen LogP contribution in [0.3, 0.4) is 0 Å². The number of halogens is 1. The van der Waals surface area contributed by atoms with Gasteiger partial charge in [0.1, 0.15) is 11.4 Å². The van der Waals surface area contributed by atoms with Gasteiger partial charge < -0.3 is 15.0 Å². The van der Waals surface area contributed by atoms with E-state index in [2.05, 4.69) is 31.0 Å². The molecule has 0 spiro atoms. The Hall–Kier alpha value is -1.24. The number of ether oxygens (including phenoxy) is 1. The highest BCUT2D eigenvalue weighted by Gasteiger charge is 2.35. The molecule has 1 N–H and O–H groups in total. The third-order valence-corrected chi connectivity index (χ3v) is 5.03. The van der Waals surface area contributed by atoms with Crippen LogP contribution in [0.5, 0.6) is 0 Å². The van der Waals surface area contributed by atoms with Crippen LogP contribution in [0, 0.1) is 5.92 Å². The first-order valence-corrected chi connectivity index (χ1v) is 9.09. The number of piperidine rings is 1. The van der Waals surface area contributed by atoms with Gasteiger partial charge in [0.05, 0.1) is 16.7 Å². The Morgan fingerprint density at radius 3 is 2.96 bits per heavy atom. The molecule has 23 heavy (non-hydrogen) atoms. The first kappa shape index (κ1) is 16.6. The lowest BCUT2D eigenvalue weighted by atomic mass is 9.88. The lowest BCUT2D eigenvalue weighted by Crippen LogP contribution is -2.45. The number of fused-ring (bicyclic) bond motifs is 1. The largest absolute Gasteiger partial charge is 0.444 e. The summed E-state index contributed by atoms with van der Waals surface area (Å²) in [4.78, 5) is 14.2. The second-order valence-corrected chi connectivity index (χ2v) is 8.25. The van der Waals surface area contributed by atoms with Crippen molar-refractivity contribution in [3.63, 3.8) is 0 Å². The van der Waals surface area contributed by atoms with Crippen LogP contribution in [0.1, 0.15) is 46.1 Å². The van der Waals surface area contributed by atoms with Crippen LogP contribution >= 0.6 is 15.9 Å². The summed E-state index contributed by atoms with van der Waals surface area (Å²) in [5, 5.41) is 7.91. The molecule has 1 aromatic rings. The van der Waals surface area contributed by atoms with Crippen LogP contribution in [0.15, 0.2) is 10.7 Å². The van der Waals surface area contributed by atoms with E-state index in [1.807, 2.05) is 31.9 Å². The van der Waals surface area contributed by atoms with Crippen LogP contribution in [0.2, 0.25) is 0 Å². The number of nitrogens with one attached hydrogen (secondary N) is 1. The Balaban J connectivity index is 1.71. The first-order chi connectivity index (χ1) is 10.8. The van der Waals surface area contributed by atoms with E-state index in [0.29, 0.717) is 12.0 Å². The monoisotopic (exact) mass is 384 g/mol. The Morgan fingerprint density at radius 1 is 1.43 bits per heavy atom. The zero-order chi connectivity index (χ0) is 16.6. The second-order valence-electron chi connectivity index (χ2n) is 7.40. The van der Waals surface area contributed by atoms with E-state index in [0.717, 1.165) is 49.2 Å². The molecule has 3 rings (SSSR count). The number of hydrogen-bond acceptors (Lipinski definition) is 4. The van der Waals surface area contributed by atoms with Crippen molar-refractivity contribution in [2.24, 2.45) is 5.92 Å². The normalized spacial score (nSPS) is 24.8. The Bertz CT molecular complexity index is 581. The number of aromatic nitrogens is 2. The number of anilines is 1. The molecule has 7 heteroatoms. The maximum Gasteiger partial charge on any atom is 0.410 e. The molecule has 2 atom stereocenters. The fourth-order valence-electron chi connectivity index (χ4n) is 3.47. The molecule has 0 aromatic carbocycles. The Labute approximate surface area is 145 Å². The highest BCUT2D eigenvalue weighted by Crippen LogP contribution is 2.37. The van der Waals surface area contributed by atoms with Gasteiger partial charge in [-0.05, 0) is 61.9 Å². The summed E-state index contributed by atoms with van der Waals surface area (Å²) < 4.78 is 8.61. The van der Waals surface area contributed by atoms with Gasteiger partial charge in [-0.1, -0.05) is 0 Å². The van der Waals surface area contributed by atoms with Crippen molar-refractivity contribution in [3.8, 4) is 0 Å². The van der Waals surface area contributed by atoms with Crippen LogP contribution in [0.4, 0.5) is 10.6 Å². The van der Waals surface area contributed by atoms with Gasteiger partial charge in [0, 0.05) is 19.6 Å². The number of carbonyl (C=O) groups excluding carboxylic acids is 1. The molecule has 128 valence electrons. The van der Waals surface area contributed by atoms with Gasteiger partial charge >= 0.3 is 6.09 Å². The minimum Gasteiger partial charge on any atom is -0.444 e. The Morgan fingerprint density at radius 2 is 2.22 bits per heavy atom. The van der Waals surface area contributed by atoms with Crippen molar-refractivity contribution in [1.29, 1.82) is 0 Å². The topological polar surface area (TPSA) is 59.4 Å². The van der Waals surface area contributed by atoms with E-state index >= 15 is 0 Å². The number of likely N-dealkylation sites (tertiary alicyclic amines) is 1. The van der Waals surface area contributed by atoms with E-state index in [1.54, 1.807) is 0 Å². The summed E-state index contributed by atoms with van der Waals surface area (Å²) >= 11 is 3.54. The highest BCUT2D eigenvalue weighted by atomic mass is 79.9. The SMILES string of the molecule is CC(C)(C)OC(=O)N1CCCC(C2CCNc3c(Br)cnn32)C1. The molecule has 0 radical (unpaired) electrons. The zero-order valence-corrected chi connectivity index (χ0v) is 15.6. The van der Waals surface area contributed by atoms with Gasteiger partial charge in [0.25, 0.3) is 0 Å². The maximum atomic E-state index is 12.4. The minimum atomic E-state index is -0.446. The molecule has 1 fully saturated rings. The van der Waals surface area contributed by atoms with E-state index in [4.69, 9.17) is 4.74 Å². The van der Waals surface area contributed by atoms with Crippen molar-refractivity contribution in [3.05, 3.63) is 10.7 Å². The molecular formula is C16H25BrN4O2. The third-order valence-electron chi connectivity index (χ3n) is 4.45. The third kappa shape index (κ3) is 3.65. The van der Waals surface area contributed by atoms with Crippen LogP contribution in [-0.4, -0.2) is 46.0 Å². The number of hydrogen-bond donors (Lipinski definition) is 1. The van der Waals surface area contributed by atoms with E-state index < -0.39 is 5.60 Å². The highest BCUT2D eigenvalue weighted by molar-refractivity contribution is 9.10. The average molecular weight is 385 g/mol. The molecule has 3 heterocycles. The van der Waals surface area contributed by atoms with Gasteiger partial charge in [0.15, 0.2) is 0 Å². The van der Waals surface area contributed by atoms with Crippen molar-refractivity contribution in [2.75, 3.05) is 25.0 Å². The van der Waals surface area contributed by atoms with Gasteiger partial charge in [0.2, 0.25) is 0 Å². The summed E-state index contributed by atoms with van der Waals surface area (Å²) in [6.07, 6.45) is 4.83. The summed E-state index contributed by atoms with van der Waals surface area (Å²) in [5.74, 6) is 1.47. The minimum absolute atomic E-state index is 0.196. The predicted molar refractivity (Wildman–Crippen MR) is 92.6 cm³/mol. The van der Waals surface area contributed by atoms with E-state index in [9.17, 15) is 4.79 Å². The number of amides is 1. The number of carbonyl (C=O) groups is 1. The van der Waals surface area contributed by atoms with Crippen molar-refractivity contribution in [2.45, 2.75) is 51.7 Å². The van der Waals surface area contributed by atoms with Gasteiger partial charge in [-0.2, -0.15) is 5.10 Å². The lowest BCUT2D eigenvalue weighted by Gasteiger charge is -2.39. The summed E-state index contributed by atoms with van der Waals surface area (Å²) in [5.41, 5.74) is -0.446. The smallest absolute Gasteiger partial charge is 0.410 e. The fourth-order valence-corrected chi connectivity index (χ4v) is 3.88. The molecule has 0 bridgehead atoms. The summed E-state index contributed by atoms with van der Waals surface area (Å²) in [6.45, 7) is 8.20. The van der Waals surface area contributed by atoms with Crippen LogP contribution in [-0.2, 0) is 4.74 Å². The molecule has 1 amide bonds. The maximum absolute atomic E-state index is 12.4. The summed E-state index contributed by atoms with van der Waals surface area (Å²) in [7, 11) is 0. The number of nitrogens with zero attached hydrogens (tertiary/aromatic N) is 3. The molecule has 2 unspecified atom stereocenters. The molecule has 2 aliphatic heterocycles. The van der Waals surface area contributed by atoms with E-state index in [-0.39, 0.29) is 6.09 Å². The molecule has 0 aliphatic carbocycles. The average Bonchev–Trinajstić information content (AvgIpc) is 2.87. The molecule has 0 saturated carbocycles. The summed E-state index contributed by atoms with van der Waals surface area (Å²) in [6, 6.07) is 0.336. The van der Waals surface area contributed by atoms with Crippen LogP contribution < -0.4 is 5.32 Å². The lowest BCUT2D eigenvalue weighted by molar-refractivity contribution is 0.0127. The van der Waals surface area contributed by atoms with Crippen molar-refractivity contribution >= 4 is 27.8 Å². The molecular weight excluding hydrogens is 360 g/mol. The molecule has 2 aliphatic rings. The zero-order valence-electron chi connectivity index (χ0n) is 14.0. The van der Waals surface area contributed by atoms with Crippen molar-refractivity contribution in [1.82, 2.24) is 14.7 Å².